The maximum atomic E-state index is 4.51. The molecule has 0 saturated carbocycles. The van der Waals surface area contributed by atoms with E-state index in [0.29, 0.717) is 12.1 Å². The van der Waals surface area contributed by atoms with Gasteiger partial charge in [-0.15, -0.1) is 0 Å². The molecule has 0 aromatic carbocycles. The molecule has 24 heavy (non-hydrogen) atoms. The first-order valence-corrected chi connectivity index (χ1v) is 8.82. The Hall–Kier alpha value is -2.06. The predicted octanol–water partition coefficient (Wildman–Crippen LogP) is 1.97. The average molecular weight is 386 g/mol. The first-order valence-electron chi connectivity index (χ1n) is 8.03. The summed E-state index contributed by atoms with van der Waals surface area (Å²) in [6, 6.07) is 5.19. The van der Waals surface area contributed by atoms with E-state index in [9.17, 15) is 0 Å². The number of nitrogens with one attached hydrogen (secondary N) is 1. The van der Waals surface area contributed by atoms with Crippen molar-refractivity contribution in [2.75, 3.05) is 18.0 Å². The average Bonchev–Trinajstić information content (AvgIpc) is 3.31. The minimum absolute atomic E-state index is 0.492. The van der Waals surface area contributed by atoms with Crippen LogP contribution < -0.4 is 4.90 Å². The topological polar surface area (TPSA) is 73.8 Å². The molecule has 0 aliphatic carbocycles. The van der Waals surface area contributed by atoms with Gasteiger partial charge in [-0.25, -0.2) is 15.0 Å². The molecule has 3 aromatic rings. The number of likely N-dealkylation sites (tertiary alicyclic amines) is 1. The highest BCUT2D eigenvalue weighted by Crippen LogP contribution is 2.36. The molecule has 2 atom stereocenters. The number of H-pyrrole nitrogens is 1. The van der Waals surface area contributed by atoms with Crippen molar-refractivity contribution < 1.29 is 0 Å². The van der Waals surface area contributed by atoms with E-state index in [2.05, 4.69) is 62.8 Å². The van der Waals surface area contributed by atoms with Gasteiger partial charge in [0, 0.05) is 42.4 Å². The van der Waals surface area contributed by atoms with Crippen molar-refractivity contribution >= 4 is 32.9 Å². The normalized spacial score (nSPS) is 23.5. The Morgan fingerprint density at radius 2 is 2.08 bits per heavy atom. The third-order valence-corrected chi connectivity index (χ3v) is 5.45. The third kappa shape index (κ3) is 2.29. The van der Waals surface area contributed by atoms with Crippen molar-refractivity contribution in [1.82, 2.24) is 29.8 Å². The van der Waals surface area contributed by atoms with Gasteiger partial charge in [0.05, 0.1) is 12.0 Å². The first kappa shape index (κ1) is 14.3. The molecular weight excluding hydrogens is 370 g/mol. The second kappa shape index (κ2) is 5.49. The van der Waals surface area contributed by atoms with Gasteiger partial charge < -0.3 is 9.88 Å². The summed E-state index contributed by atoms with van der Waals surface area (Å²) in [5.41, 5.74) is 2.79. The Kier molecular flexibility index (Phi) is 3.27. The second-order valence-corrected chi connectivity index (χ2v) is 7.31. The zero-order chi connectivity index (χ0) is 16.1. The van der Waals surface area contributed by atoms with Crippen LogP contribution >= 0.6 is 15.9 Å². The molecule has 2 fully saturated rings. The van der Waals surface area contributed by atoms with E-state index in [4.69, 9.17) is 0 Å². The molecule has 0 spiro atoms. The second-order valence-electron chi connectivity index (χ2n) is 6.39. The Morgan fingerprint density at radius 1 is 1.12 bits per heavy atom. The van der Waals surface area contributed by atoms with Gasteiger partial charge in [0.1, 0.15) is 11.8 Å². The van der Waals surface area contributed by atoms with Crippen LogP contribution in [0.5, 0.6) is 0 Å². The summed E-state index contributed by atoms with van der Waals surface area (Å²) < 4.78 is 1.02. The van der Waals surface area contributed by atoms with Gasteiger partial charge in [-0.2, -0.15) is 0 Å². The number of hydrogen-bond donors (Lipinski definition) is 1. The summed E-state index contributed by atoms with van der Waals surface area (Å²) in [5.74, 6) is 0.978. The number of aromatic nitrogens is 5. The lowest BCUT2D eigenvalue weighted by Crippen LogP contribution is -2.46. The maximum Gasteiger partial charge on any atom is 0.182 e. The number of fused-ring (bicyclic) bond motifs is 3. The van der Waals surface area contributed by atoms with Crippen molar-refractivity contribution in [2.24, 2.45) is 0 Å². The van der Waals surface area contributed by atoms with Gasteiger partial charge in [0.2, 0.25) is 0 Å². The fraction of sp³-hybridized carbons (Fsp3) is 0.375. The van der Waals surface area contributed by atoms with Crippen LogP contribution in [0.3, 0.4) is 0 Å². The van der Waals surface area contributed by atoms with Crippen LogP contribution in [0, 0.1) is 0 Å². The number of piperazine rings is 1. The predicted molar refractivity (Wildman–Crippen MR) is 93.6 cm³/mol. The molecule has 0 amide bonds. The van der Waals surface area contributed by atoms with Crippen LogP contribution in [0.25, 0.3) is 11.2 Å². The monoisotopic (exact) mass is 385 g/mol. The molecule has 7 nitrogen and oxygen atoms in total. The molecule has 0 radical (unpaired) electrons. The molecule has 2 aliphatic heterocycles. The van der Waals surface area contributed by atoms with E-state index in [1.54, 1.807) is 12.7 Å². The number of halogens is 1. The number of aromatic amines is 1. The van der Waals surface area contributed by atoms with Gasteiger partial charge in [-0.05, 0) is 34.5 Å². The fourth-order valence-electron chi connectivity index (χ4n) is 3.88. The number of imidazole rings is 1. The number of pyridine rings is 1. The lowest BCUT2D eigenvalue weighted by molar-refractivity contribution is 0.227. The quantitative estimate of drug-likeness (QED) is 0.742. The van der Waals surface area contributed by atoms with Crippen molar-refractivity contribution in [3.63, 3.8) is 0 Å². The summed E-state index contributed by atoms with van der Waals surface area (Å²) in [5, 5.41) is 0. The van der Waals surface area contributed by atoms with Gasteiger partial charge in [0.15, 0.2) is 11.5 Å². The molecule has 1 N–H and O–H groups in total. The van der Waals surface area contributed by atoms with Crippen LogP contribution in [0.4, 0.5) is 5.82 Å². The molecule has 2 saturated heterocycles. The summed E-state index contributed by atoms with van der Waals surface area (Å²) in [7, 11) is 0. The number of hydrogen-bond acceptors (Lipinski definition) is 6. The molecule has 3 aromatic heterocycles. The number of nitrogens with zero attached hydrogens (tertiary/aromatic N) is 6. The van der Waals surface area contributed by atoms with Crippen LogP contribution in [-0.2, 0) is 6.54 Å². The molecule has 2 bridgehead atoms. The summed E-state index contributed by atoms with van der Waals surface area (Å²) in [6.07, 6.45) is 6.33. The van der Waals surface area contributed by atoms with E-state index in [0.717, 1.165) is 46.8 Å². The third-order valence-electron chi connectivity index (χ3n) is 4.98. The van der Waals surface area contributed by atoms with Gasteiger partial charge in [-0.1, -0.05) is 0 Å². The number of anilines is 1. The summed E-state index contributed by atoms with van der Waals surface area (Å²) in [4.78, 5) is 25.6. The van der Waals surface area contributed by atoms with Crippen molar-refractivity contribution in [2.45, 2.75) is 25.0 Å². The largest absolute Gasteiger partial charge is 0.349 e. The number of rotatable bonds is 3. The lowest BCUT2D eigenvalue weighted by Gasteiger charge is -2.34. The van der Waals surface area contributed by atoms with E-state index < -0.39 is 0 Å². The molecule has 2 aliphatic rings. The highest BCUT2D eigenvalue weighted by molar-refractivity contribution is 9.10. The van der Waals surface area contributed by atoms with E-state index in [1.165, 1.54) is 6.42 Å². The minimum Gasteiger partial charge on any atom is -0.349 e. The Bertz CT molecular complexity index is 878. The minimum atomic E-state index is 0.492. The molecule has 122 valence electrons. The highest BCUT2D eigenvalue weighted by Gasteiger charge is 2.44. The smallest absolute Gasteiger partial charge is 0.182 e. The molecule has 2 unspecified atom stereocenters. The van der Waals surface area contributed by atoms with Crippen LogP contribution in [0.15, 0.2) is 35.5 Å². The SMILES string of the molecule is Brc1ccc(CN2CC3CC2CN3c2ncnc3nc[nH]c23)nc1. The van der Waals surface area contributed by atoms with Crippen molar-refractivity contribution in [3.05, 3.63) is 41.2 Å². The van der Waals surface area contributed by atoms with Gasteiger partial charge >= 0.3 is 0 Å². The van der Waals surface area contributed by atoms with E-state index >= 15 is 0 Å². The molecule has 5 rings (SSSR count). The zero-order valence-electron chi connectivity index (χ0n) is 12.9. The van der Waals surface area contributed by atoms with Gasteiger partial charge in [0.25, 0.3) is 0 Å². The molecule has 8 heteroatoms. The highest BCUT2D eigenvalue weighted by atomic mass is 79.9. The van der Waals surface area contributed by atoms with Crippen LogP contribution in [0.2, 0.25) is 0 Å². The van der Waals surface area contributed by atoms with Crippen LogP contribution in [0.1, 0.15) is 12.1 Å². The Balaban J connectivity index is 1.35. The van der Waals surface area contributed by atoms with E-state index in [1.807, 2.05) is 6.20 Å². The maximum absolute atomic E-state index is 4.51. The lowest BCUT2D eigenvalue weighted by atomic mass is 10.2. The van der Waals surface area contributed by atoms with E-state index in [-0.39, 0.29) is 0 Å². The standard InChI is InChI=1S/C16H16BrN7/c17-10-1-2-11(18-4-10)5-23-6-13-3-12(23)7-24(13)16-14-15(20-8-19-14)21-9-22-16/h1-2,4,8-9,12-13H,3,5-7H2,(H,19,20,21,22). The summed E-state index contributed by atoms with van der Waals surface area (Å²) >= 11 is 3.44. The van der Waals surface area contributed by atoms with Gasteiger partial charge in [-0.3, -0.25) is 9.88 Å². The fourth-order valence-corrected chi connectivity index (χ4v) is 4.12. The van der Waals surface area contributed by atoms with Crippen LogP contribution in [-0.4, -0.2) is 55.0 Å². The van der Waals surface area contributed by atoms with Crippen molar-refractivity contribution in [3.8, 4) is 0 Å². The summed E-state index contributed by atoms with van der Waals surface area (Å²) in [6.45, 7) is 2.94. The zero-order valence-corrected chi connectivity index (χ0v) is 14.5. The Morgan fingerprint density at radius 3 is 2.88 bits per heavy atom. The first-order chi connectivity index (χ1) is 11.8. The molecular formula is C16H16BrN7. The van der Waals surface area contributed by atoms with Crippen molar-refractivity contribution in [1.29, 1.82) is 0 Å². The Labute approximate surface area is 147 Å². The molecule has 5 heterocycles.